The summed E-state index contributed by atoms with van der Waals surface area (Å²) in [7, 11) is 0. The van der Waals surface area contributed by atoms with Crippen molar-refractivity contribution in [1.82, 2.24) is 10.3 Å². The Labute approximate surface area is 113 Å². The van der Waals surface area contributed by atoms with E-state index in [1.165, 1.54) is 25.6 Å². The van der Waals surface area contributed by atoms with Gasteiger partial charge in [0.2, 0.25) is 5.91 Å². The van der Waals surface area contributed by atoms with Crippen LogP contribution < -0.4 is 5.32 Å². The highest BCUT2D eigenvalue weighted by Gasteiger charge is 2.23. The molecule has 1 amide bonds. The standard InChI is InChI=1S/C13H13IN2O/c1-7(17)16-9-4-8-6-15-12-3-2-11(14)10(5-9)13(8)12/h2-3,6,9,15H,4-5H2,1H3,(H,16,17). The highest BCUT2D eigenvalue weighted by molar-refractivity contribution is 14.1. The van der Waals surface area contributed by atoms with Crippen LogP contribution in [0.1, 0.15) is 18.1 Å². The van der Waals surface area contributed by atoms with Crippen LogP contribution in [0.2, 0.25) is 0 Å². The summed E-state index contributed by atoms with van der Waals surface area (Å²) in [6.07, 6.45) is 3.92. The Morgan fingerprint density at radius 1 is 1.47 bits per heavy atom. The Bertz CT molecular complexity index is 603. The first kappa shape index (κ1) is 11.1. The van der Waals surface area contributed by atoms with Crippen molar-refractivity contribution in [2.75, 3.05) is 0 Å². The first-order valence-corrected chi connectivity index (χ1v) is 6.77. The van der Waals surface area contributed by atoms with Crippen LogP contribution in [0.25, 0.3) is 10.9 Å². The number of carbonyl (C=O) groups excluding carboxylic acids is 1. The third-order valence-electron chi connectivity index (χ3n) is 3.30. The highest BCUT2D eigenvalue weighted by Crippen LogP contribution is 2.32. The molecule has 1 aliphatic carbocycles. The zero-order chi connectivity index (χ0) is 12.0. The fourth-order valence-electron chi connectivity index (χ4n) is 2.68. The molecule has 2 N–H and O–H groups in total. The number of aromatic amines is 1. The van der Waals surface area contributed by atoms with Gasteiger partial charge in [-0.15, -0.1) is 0 Å². The fraction of sp³-hybridized carbons (Fsp3) is 0.308. The first-order valence-electron chi connectivity index (χ1n) is 5.69. The van der Waals surface area contributed by atoms with Gasteiger partial charge in [0, 0.05) is 33.6 Å². The largest absolute Gasteiger partial charge is 0.361 e. The van der Waals surface area contributed by atoms with Crippen LogP contribution in [0.3, 0.4) is 0 Å². The first-order chi connectivity index (χ1) is 8.15. The minimum Gasteiger partial charge on any atom is -0.361 e. The normalized spacial score (nSPS) is 18.4. The van der Waals surface area contributed by atoms with Crippen molar-refractivity contribution in [3.8, 4) is 0 Å². The van der Waals surface area contributed by atoms with Crippen molar-refractivity contribution >= 4 is 39.4 Å². The molecule has 4 heteroatoms. The molecular weight excluding hydrogens is 327 g/mol. The molecule has 3 nitrogen and oxygen atoms in total. The molecule has 17 heavy (non-hydrogen) atoms. The number of hydrogen-bond donors (Lipinski definition) is 2. The number of halogens is 1. The lowest BCUT2D eigenvalue weighted by molar-refractivity contribution is -0.119. The van der Waals surface area contributed by atoms with Crippen LogP contribution in [0.15, 0.2) is 18.3 Å². The Balaban J connectivity index is 2.09. The maximum atomic E-state index is 11.2. The van der Waals surface area contributed by atoms with E-state index in [1.54, 1.807) is 6.92 Å². The molecule has 1 aromatic carbocycles. The summed E-state index contributed by atoms with van der Waals surface area (Å²) in [6.45, 7) is 1.58. The molecule has 1 aromatic heterocycles. The van der Waals surface area contributed by atoms with Crippen LogP contribution in [0, 0.1) is 3.57 Å². The van der Waals surface area contributed by atoms with E-state index in [2.05, 4.69) is 51.2 Å². The number of amides is 1. The van der Waals surface area contributed by atoms with E-state index in [0.717, 1.165) is 12.8 Å². The number of nitrogens with one attached hydrogen (secondary N) is 2. The number of carbonyl (C=O) groups is 1. The summed E-state index contributed by atoms with van der Waals surface area (Å²) in [5.74, 6) is 0.0520. The van der Waals surface area contributed by atoms with Crippen LogP contribution >= 0.6 is 22.6 Å². The topological polar surface area (TPSA) is 44.9 Å². The maximum Gasteiger partial charge on any atom is 0.217 e. The van der Waals surface area contributed by atoms with Gasteiger partial charge in [-0.1, -0.05) is 0 Å². The molecule has 0 fully saturated rings. The third-order valence-corrected chi connectivity index (χ3v) is 4.31. The second-order valence-corrected chi connectivity index (χ2v) is 5.73. The SMILES string of the molecule is CC(=O)NC1Cc2c[nH]c3ccc(I)c(c23)C1. The van der Waals surface area contributed by atoms with E-state index in [-0.39, 0.29) is 11.9 Å². The second kappa shape index (κ2) is 4.01. The number of aromatic nitrogens is 1. The average molecular weight is 340 g/mol. The molecule has 0 spiro atoms. The quantitative estimate of drug-likeness (QED) is 0.770. The van der Waals surface area contributed by atoms with Crippen LogP contribution in [0.5, 0.6) is 0 Å². The molecule has 88 valence electrons. The second-order valence-electron chi connectivity index (χ2n) is 4.57. The molecule has 1 atom stereocenters. The molecule has 0 bridgehead atoms. The lowest BCUT2D eigenvalue weighted by Crippen LogP contribution is -2.38. The van der Waals surface area contributed by atoms with Crippen molar-refractivity contribution in [3.63, 3.8) is 0 Å². The summed E-state index contributed by atoms with van der Waals surface area (Å²) >= 11 is 2.37. The Hall–Kier alpha value is -1.04. The van der Waals surface area contributed by atoms with Gasteiger partial charge in [-0.3, -0.25) is 4.79 Å². The Kier molecular flexibility index (Phi) is 2.61. The minimum absolute atomic E-state index is 0.0520. The summed E-state index contributed by atoms with van der Waals surface area (Å²) in [5.41, 5.74) is 3.89. The molecule has 1 heterocycles. The van der Waals surface area contributed by atoms with Gasteiger partial charge in [0.05, 0.1) is 0 Å². The zero-order valence-electron chi connectivity index (χ0n) is 9.51. The summed E-state index contributed by atoms with van der Waals surface area (Å²) < 4.78 is 1.28. The summed E-state index contributed by atoms with van der Waals surface area (Å²) in [4.78, 5) is 14.5. The molecule has 0 saturated heterocycles. The van der Waals surface area contributed by atoms with Gasteiger partial charge in [0.25, 0.3) is 0 Å². The van der Waals surface area contributed by atoms with Crippen molar-refractivity contribution in [1.29, 1.82) is 0 Å². The number of H-pyrrole nitrogens is 1. The Morgan fingerprint density at radius 3 is 3.06 bits per heavy atom. The van der Waals surface area contributed by atoms with Crippen molar-refractivity contribution in [2.24, 2.45) is 0 Å². The lowest BCUT2D eigenvalue weighted by atomic mass is 9.89. The van der Waals surface area contributed by atoms with Crippen molar-refractivity contribution < 1.29 is 4.79 Å². The summed E-state index contributed by atoms with van der Waals surface area (Å²) in [5, 5.41) is 4.39. The van der Waals surface area contributed by atoms with Crippen molar-refractivity contribution in [2.45, 2.75) is 25.8 Å². The van der Waals surface area contributed by atoms with Gasteiger partial charge < -0.3 is 10.3 Å². The van der Waals surface area contributed by atoms with E-state index in [0.29, 0.717) is 0 Å². The van der Waals surface area contributed by atoms with Crippen LogP contribution in [0.4, 0.5) is 0 Å². The van der Waals surface area contributed by atoms with Gasteiger partial charge in [-0.2, -0.15) is 0 Å². The molecule has 1 unspecified atom stereocenters. The Morgan fingerprint density at radius 2 is 2.29 bits per heavy atom. The predicted octanol–water partition coefficient (Wildman–Crippen LogP) is 2.38. The molecule has 2 aromatic rings. The highest BCUT2D eigenvalue weighted by atomic mass is 127. The van der Waals surface area contributed by atoms with E-state index in [1.807, 2.05) is 0 Å². The van der Waals surface area contributed by atoms with Gasteiger partial charge in [0.1, 0.15) is 0 Å². The smallest absolute Gasteiger partial charge is 0.217 e. The number of rotatable bonds is 1. The fourth-order valence-corrected chi connectivity index (χ4v) is 3.35. The molecule has 3 rings (SSSR count). The van der Waals surface area contributed by atoms with Crippen LogP contribution in [-0.2, 0) is 17.6 Å². The molecular formula is C13H13IN2O. The zero-order valence-corrected chi connectivity index (χ0v) is 11.7. The van der Waals surface area contributed by atoms with E-state index in [9.17, 15) is 4.79 Å². The monoisotopic (exact) mass is 340 g/mol. The van der Waals surface area contributed by atoms with E-state index in [4.69, 9.17) is 0 Å². The average Bonchev–Trinajstić information content (AvgIpc) is 2.67. The molecule has 0 radical (unpaired) electrons. The van der Waals surface area contributed by atoms with E-state index < -0.39 is 0 Å². The summed E-state index contributed by atoms with van der Waals surface area (Å²) in [6, 6.07) is 4.49. The number of hydrogen-bond acceptors (Lipinski definition) is 1. The van der Waals surface area contributed by atoms with Gasteiger partial charge in [-0.05, 0) is 58.7 Å². The van der Waals surface area contributed by atoms with E-state index >= 15 is 0 Å². The number of benzene rings is 1. The molecule has 1 aliphatic rings. The molecule has 0 aliphatic heterocycles. The van der Waals surface area contributed by atoms with Gasteiger partial charge in [-0.25, -0.2) is 0 Å². The maximum absolute atomic E-state index is 11.2. The van der Waals surface area contributed by atoms with Gasteiger partial charge in [0.15, 0.2) is 0 Å². The third kappa shape index (κ3) is 1.84. The minimum atomic E-state index is 0.0520. The van der Waals surface area contributed by atoms with Gasteiger partial charge >= 0.3 is 0 Å². The van der Waals surface area contributed by atoms with Crippen molar-refractivity contribution in [3.05, 3.63) is 33.0 Å². The molecule has 0 saturated carbocycles. The lowest BCUT2D eigenvalue weighted by Gasteiger charge is -2.24. The predicted molar refractivity (Wildman–Crippen MR) is 76.0 cm³/mol. The van der Waals surface area contributed by atoms with Crippen LogP contribution in [-0.4, -0.2) is 16.9 Å².